The smallest absolute Gasteiger partial charge is 0.338 e. The molecule has 1 aliphatic rings. The molecule has 1 amide bonds. The van der Waals surface area contributed by atoms with Crippen molar-refractivity contribution in [2.75, 3.05) is 13.1 Å². The van der Waals surface area contributed by atoms with Crippen LogP contribution < -0.4 is 5.56 Å². The van der Waals surface area contributed by atoms with Gasteiger partial charge in [0.05, 0.1) is 0 Å². The zero-order valence-corrected chi connectivity index (χ0v) is 11.0. The molecule has 1 aromatic heterocycles. The molecule has 1 N–H and O–H groups in total. The number of H-pyrrole nitrogens is 1. The Morgan fingerprint density at radius 3 is 2.40 bits per heavy atom. The van der Waals surface area contributed by atoms with Gasteiger partial charge in [-0.2, -0.15) is 13.2 Å². The quantitative estimate of drug-likeness (QED) is 0.862. The van der Waals surface area contributed by atoms with Crippen LogP contribution in [0, 0.1) is 5.92 Å². The van der Waals surface area contributed by atoms with Gasteiger partial charge in [0.15, 0.2) is 0 Å². The van der Waals surface area contributed by atoms with E-state index in [9.17, 15) is 22.8 Å². The first kappa shape index (κ1) is 14.6. The first-order valence-electron chi connectivity index (χ1n) is 6.39. The fourth-order valence-corrected chi connectivity index (χ4v) is 2.19. The largest absolute Gasteiger partial charge is 0.431 e. The van der Waals surface area contributed by atoms with Gasteiger partial charge >= 0.3 is 6.18 Å². The monoisotopic (exact) mass is 288 g/mol. The lowest BCUT2D eigenvalue weighted by molar-refractivity contribution is -0.141. The number of hydrogen-bond donors (Lipinski definition) is 1. The highest BCUT2D eigenvalue weighted by molar-refractivity contribution is 5.93. The predicted octanol–water partition coefficient (Wildman–Crippen LogP) is 2.27. The molecule has 0 atom stereocenters. The number of amides is 1. The fraction of sp³-hybridized carbons (Fsp3) is 0.538. The van der Waals surface area contributed by atoms with Crippen LogP contribution in [0.4, 0.5) is 13.2 Å². The molecule has 7 heteroatoms. The number of nitrogens with one attached hydrogen (secondary N) is 1. The second-order valence-electron chi connectivity index (χ2n) is 5.09. The highest BCUT2D eigenvalue weighted by Gasteiger charge is 2.32. The molecular formula is C13H15F3N2O2. The van der Waals surface area contributed by atoms with E-state index in [0.29, 0.717) is 19.0 Å². The van der Waals surface area contributed by atoms with Crippen molar-refractivity contribution in [1.29, 1.82) is 0 Å². The van der Waals surface area contributed by atoms with E-state index in [2.05, 4.69) is 6.92 Å². The molecule has 0 spiro atoms. The number of hydrogen-bond acceptors (Lipinski definition) is 2. The third kappa shape index (κ3) is 3.02. The van der Waals surface area contributed by atoms with Crippen molar-refractivity contribution in [2.24, 2.45) is 5.92 Å². The van der Waals surface area contributed by atoms with Crippen LogP contribution in [0.2, 0.25) is 0 Å². The van der Waals surface area contributed by atoms with Crippen molar-refractivity contribution < 1.29 is 18.0 Å². The molecule has 2 rings (SSSR count). The zero-order valence-electron chi connectivity index (χ0n) is 11.0. The lowest BCUT2D eigenvalue weighted by atomic mass is 9.99. The van der Waals surface area contributed by atoms with E-state index in [-0.39, 0.29) is 5.56 Å². The average Bonchev–Trinajstić information content (AvgIpc) is 2.37. The van der Waals surface area contributed by atoms with Crippen LogP contribution in [-0.4, -0.2) is 28.9 Å². The van der Waals surface area contributed by atoms with Crippen molar-refractivity contribution in [2.45, 2.75) is 25.9 Å². The van der Waals surface area contributed by atoms with E-state index >= 15 is 0 Å². The third-order valence-corrected chi connectivity index (χ3v) is 3.52. The summed E-state index contributed by atoms with van der Waals surface area (Å²) in [5.41, 5.74) is -2.39. The minimum atomic E-state index is -4.62. The molecule has 20 heavy (non-hydrogen) atoms. The number of likely N-dealkylation sites (tertiary alicyclic amines) is 1. The van der Waals surface area contributed by atoms with E-state index < -0.39 is 23.3 Å². The van der Waals surface area contributed by atoms with Crippen molar-refractivity contribution in [1.82, 2.24) is 9.88 Å². The molecular weight excluding hydrogens is 273 g/mol. The number of pyridine rings is 1. The van der Waals surface area contributed by atoms with Crippen LogP contribution >= 0.6 is 0 Å². The van der Waals surface area contributed by atoms with Gasteiger partial charge in [0.2, 0.25) is 0 Å². The summed E-state index contributed by atoms with van der Waals surface area (Å²) in [6, 6.07) is 1.67. The normalized spacial score (nSPS) is 17.3. The van der Waals surface area contributed by atoms with Gasteiger partial charge in [-0.1, -0.05) is 6.92 Å². The molecule has 0 unspecified atom stereocenters. The first-order valence-corrected chi connectivity index (χ1v) is 6.39. The Labute approximate surface area is 113 Å². The molecule has 110 valence electrons. The fourth-order valence-electron chi connectivity index (χ4n) is 2.19. The molecule has 0 aliphatic carbocycles. The topological polar surface area (TPSA) is 53.2 Å². The first-order chi connectivity index (χ1) is 9.29. The Hall–Kier alpha value is -1.79. The number of carbonyl (C=O) groups excluding carboxylic acids is 1. The van der Waals surface area contributed by atoms with E-state index in [1.165, 1.54) is 4.90 Å². The highest BCUT2D eigenvalue weighted by atomic mass is 19.4. The van der Waals surface area contributed by atoms with Gasteiger partial charge in [-0.15, -0.1) is 0 Å². The molecule has 1 fully saturated rings. The second kappa shape index (κ2) is 5.30. The predicted molar refractivity (Wildman–Crippen MR) is 66.4 cm³/mol. The van der Waals surface area contributed by atoms with E-state index in [1.54, 1.807) is 4.98 Å². The van der Waals surface area contributed by atoms with Crippen molar-refractivity contribution in [3.63, 3.8) is 0 Å². The van der Waals surface area contributed by atoms with Crippen molar-refractivity contribution >= 4 is 5.91 Å². The molecule has 1 aliphatic heterocycles. The number of piperidine rings is 1. The molecule has 2 heterocycles. The van der Waals surface area contributed by atoms with E-state index in [4.69, 9.17) is 0 Å². The van der Waals surface area contributed by atoms with Gasteiger partial charge in [0, 0.05) is 13.1 Å². The van der Waals surface area contributed by atoms with Crippen LogP contribution in [0.5, 0.6) is 0 Å². The maximum atomic E-state index is 12.4. The zero-order chi connectivity index (χ0) is 14.9. The lowest BCUT2D eigenvalue weighted by Gasteiger charge is -2.30. The standard InChI is InChI=1S/C13H15F3N2O2/c1-8-4-6-18(7-5-8)12(20)9-2-3-10(13(14,15)16)17-11(9)19/h2-3,8H,4-7H2,1H3,(H,17,19). The second-order valence-corrected chi connectivity index (χ2v) is 5.09. The Kier molecular flexibility index (Phi) is 3.87. The minimum Gasteiger partial charge on any atom is -0.338 e. The number of halogens is 3. The van der Waals surface area contributed by atoms with Gasteiger partial charge in [-0.05, 0) is 30.9 Å². The highest BCUT2D eigenvalue weighted by Crippen LogP contribution is 2.26. The van der Waals surface area contributed by atoms with Gasteiger partial charge in [-0.25, -0.2) is 0 Å². The van der Waals surface area contributed by atoms with Crippen LogP contribution in [-0.2, 0) is 6.18 Å². The molecule has 0 radical (unpaired) electrons. The number of carbonyl (C=O) groups is 1. The maximum absolute atomic E-state index is 12.4. The summed E-state index contributed by atoms with van der Waals surface area (Å²) >= 11 is 0. The SMILES string of the molecule is CC1CCN(C(=O)c2ccc(C(F)(F)F)[nH]c2=O)CC1. The molecule has 0 aromatic carbocycles. The van der Waals surface area contributed by atoms with Crippen LogP contribution in [0.25, 0.3) is 0 Å². The summed E-state index contributed by atoms with van der Waals surface area (Å²) in [6.45, 7) is 3.13. The molecule has 4 nitrogen and oxygen atoms in total. The summed E-state index contributed by atoms with van der Waals surface area (Å²) in [6.07, 6.45) is -2.95. The lowest BCUT2D eigenvalue weighted by Crippen LogP contribution is -2.40. The summed E-state index contributed by atoms with van der Waals surface area (Å²) < 4.78 is 37.3. The Morgan fingerprint density at radius 1 is 1.30 bits per heavy atom. The Bertz CT molecular complexity index is 557. The molecule has 0 bridgehead atoms. The van der Waals surface area contributed by atoms with E-state index in [1.807, 2.05) is 0 Å². The van der Waals surface area contributed by atoms with Crippen molar-refractivity contribution in [3.8, 4) is 0 Å². The number of aromatic nitrogens is 1. The molecule has 1 saturated heterocycles. The third-order valence-electron chi connectivity index (χ3n) is 3.52. The van der Waals surface area contributed by atoms with Gasteiger partial charge in [0.1, 0.15) is 11.3 Å². The summed E-state index contributed by atoms with van der Waals surface area (Å²) in [7, 11) is 0. The van der Waals surface area contributed by atoms with E-state index in [0.717, 1.165) is 25.0 Å². The summed E-state index contributed by atoms with van der Waals surface area (Å²) in [4.78, 5) is 27.0. The average molecular weight is 288 g/mol. The number of aromatic amines is 1. The van der Waals surface area contributed by atoms with Crippen LogP contribution in [0.15, 0.2) is 16.9 Å². The van der Waals surface area contributed by atoms with Crippen LogP contribution in [0.1, 0.15) is 35.8 Å². The van der Waals surface area contributed by atoms with Crippen LogP contribution in [0.3, 0.4) is 0 Å². The maximum Gasteiger partial charge on any atom is 0.431 e. The van der Waals surface area contributed by atoms with Gasteiger partial charge in [-0.3, -0.25) is 9.59 Å². The number of nitrogens with zero attached hydrogens (tertiary/aromatic N) is 1. The minimum absolute atomic E-state index is 0.243. The van der Waals surface area contributed by atoms with Gasteiger partial charge in [0.25, 0.3) is 11.5 Å². The Balaban J connectivity index is 2.21. The number of alkyl halides is 3. The Morgan fingerprint density at radius 2 is 1.90 bits per heavy atom. The summed E-state index contributed by atoms with van der Waals surface area (Å²) in [5.74, 6) is 0.0109. The molecule has 1 aromatic rings. The van der Waals surface area contributed by atoms with Gasteiger partial charge < -0.3 is 9.88 Å². The molecule has 0 saturated carbocycles. The number of rotatable bonds is 1. The summed E-state index contributed by atoms with van der Waals surface area (Å²) in [5, 5.41) is 0. The van der Waals surface area contributed by atoms with Crippen molar-refractivity contribution in [3.05, 3.63) is 33.7 Å².